The molecule has 3 rings (SSSR count). The molecule has 0 radical (unpaired) electrons. The molecule has 3 aliphatic rings. The molecule has 20 heavy (non-hydrogen) atoms. The Morgan fingerprint density at radius 1 is 1.35 bits per heavy atom. The zero-order valence-electron chi connectivity index (χ0n) is 13.5. The van der Waals surface area contributed by atoms with E-state index >= 15 is 0 Å². The fraction of sp³-hybridized carbons (Fsp3) is 0.923. The van der Waals surface area contributed by atoms with Crippen LogP contribution in [0, 0.1) is 0 Å². The Labute approximate surface area is 148 Å². The number of hydrogen-bond donors (Lipinski definition) is 1. The first kappa shape index (κ1) is 17.2. The molecule has 0 amide bonds. The monoisotopic (exact) mass is 309 g/mol. The van der Waals surface area contributed by atoms with Gasteiger partial charge in [-0.05, 0) is 19.9 Å². The van der Waals surface area contributed by atoms with Gasteiger partial charge in [0.05, 0.1) is 6.54 Å². The fourth-order valence-electron chi connectivity index (χ4n) is 3.54. The van der Waals surface area contributed by atoms with Crippen LogP contribution in [-0.2, 0) is 4.79 Å². The zero-order valence-corrected chi connectivity index (χ0v) is 15.3. The zero-order chi connectivity index (χ0) is 13.4. The molecule has 0 aromatic heterocycles. The van der Waals surface area contributed by atoms with E-state index in [0.717, 1.165) is 25.1 Å². The SMILES string of the molecule is CN(C1CCCCC1)C1C(=O)CN2CCSC2N1O.[H-].[Na+]. The molecule has 1 saturated carbocycles. The fourth-order valence-corrected chi connectivity index (χ4v) is 4.75. The van der Waals surface area contributed by atoms with Gasteiger partial charge >= 0.3 is 29.6 Å². The van der Waals surface area contributed by atoms with Gasteiger partial charge in [-0.25, -0.2) is 0 Å². The van der Waals surface area contributed by atoms with Crippen LogP contribution in [0.4, 0.5) is 0 Å². The summed E-state index contributed by atoms with van der Waals surface area (Å²) < 4.78 is 0. The minimum Gasteiger partial charge on any atom is -1.00 e. The average Bonchev–Trinajstić information content (AvgIpc) is 2.88. The largest absolute Gasteiger partial charge is 1.00 e. The van der Waals surface area contributed by atoms with Gasteiger partial charge in [-0.1, -0.05) is 19.3 Å². The topological polar surface area (TPSA) is 47.0 Å². The molecule has 2 heterocycles. The maximum atomic E-state index is 12.3. The molecular formula is C13H24N3NaO2S. The van der Waals surface area contributed by atoms with E-state index in [-0.39, 0.29) is 42.3 Å². The van der Waals surface area contributed by atoms with Gasteiger partial charge in [-0.15, -0.1) is 16.8 Å². The second-order valence-electron chi connectivity index (χ2n) is 5.84. The molecule has 1 N–H and O–H groups in total. The normalized spacial score (nSPS) is 33.2. The van der Waals surface area contributed by atoms with Gasteiger partial charge in [0, 0.05) is 18.3 Å². The number of hydrogen-bond acceptors (Lipinski definition) is 6. The summed E-state index contributed by atoms with van der Waals surface area (Å²) in [5, 5.41) is 11.7. The minimum atomic E-state index is -0.449. The molecule has 2 saturated heterocycles. The summed E-state index contributed by atoms with van der Waals surface area (Å²) >= 11 is 1.73. The van der Waals surface area contributed by atoms with Crippen LogP contribution in [0.3, 0.4) is 0 Å². The van der Waals surface area contributed by atoms with Crippen LogP contribution in [0.5, 0.6) is 0 Å². The molecule has 110 valence electrons. The van der Waals surface area contributed by atoms with Gasteiger partial charge in [0.25, 0.3) is 0 Å². The summed E-state index contributed by atoms with van der Waals surface area (Å²) in [7, 11) is 2.00. The van der Waals surface area contributed by atoms with Gasteiger partial charge in [0.15, 0.2) is 5.78 Å². The predicted molar refractivity (Wildman–Crippen MR) is 76.0 cm³/mol. The van der Waals surface area contributed by atoms with Crippen molar-refractivity contribution in [3.05, 3.63) is 0 Å². The second-order valence-corrected chi connectivity index (χ2v) is 7.01. The molecule has 0 aromatic rings. The van der Waals surface area contributed by atoms with Crippen molar-refractivity contribution in [2.45, 2.75) is 49.8 Å². The van der Waals surface area contributed by atoms with Gasteiger partial charge in [0.2, 0.25) is 0 Å². The molecule has 1 aliphatic carbocycles. The first-order chi connectivity index (χ1) is 9.18. The molecule has 0 spiro atoms. The third-order valence-electron chi connectivity index (χ3n) is 4.62. The van der Waals surface area contributed by atoms with Crippen LogP contribution < -0.4 is 29.6 Å². The Morgan fingerprint density at radius 3 is 2.75 bits per heavy atom. The molecule has 7 heteroatoms. The number of thioether (sulfide) groups is 1. The van der Waals surface area contributed by atoms with Crippen LogP contribution in [0.25, 0.3) is 0 Å². The molecule has 5 nitrogen and oxygen atoms in total. The molecule has 3 fully saturated rings. The van der Waals surface area contributed by atoms with Crippen molar-refractivity contribution >= 4 is 17.5 Å². The van der Waals surface area contributed by atoms with Gasteiger partial charge in [-0.3, -0.25) is 14.6 Å². The van der Waals surface area contributed by atoms with Gasteiger partial charge < -0.3 is 6.63 Å². The molecule has 2 unspecified atom stereocenters. The number of carbonyl (C=O) groups excluding carboxylic acids is 1. The minimum absolute atomic E-state index is 0. The number of nitrogens with zero attached hydrogens (tertiary/aromatic N) is 3. The van der Waals surface area contributed by atoms with Gasteiger partial charge in [-0.2, -0.15) is 0 Å². The summed E-state index contributed by atoms with van der Waals surface area (Å²) in [4.78, 5) is 16.5. The maximum Gasteiger partial charge on any atom is 1.00 e. The summed E-state index contributed by atoms with van der Waals surface area (Å²) in [5.41, 5.74) is -0.0336. The van der Waals surface area contributed by atoms with E-state index in [0.29, 0.717) is 12.6 Å². The molecule has 2 atom stereocenters. The molecule has 2 aliphatic heterocycles. The smallest absolute Gasteiger partial charge is 1.00 e. The Bertz CT molecular complexity index is 360. The van der Waals surface area contributed by atoms with E-state index in [1.165, 1.54) is 24.3 Å². The van der Waals surface area contributed by atoms with Gasteiger partial charge in [0.1, 0.15) is 11.7 Å². The number of likely N-dealkylation sites (N-methyl/N-ethyl adjacent to an activating group) is 1. The Morgan fingerprint density at radius 2 is 2.05 bits per heavy atom. The number of hydroxylamine groups is 2. The Balaban J connectivity index is 0.00000110. The van der Waals surface area contributed by atoms with Crippen LogP contribution in [-0.4, -0.2) is 69.4 Å². The van der Waals surface area contributed by atoms with Crippen molar-refractivity contribution in [2.75, 3.05) is 25.9 Å². The van der Waals surface area contributed by atoms with Crippen molar-refractivity contribution in [1.29, 1.82) is 0 Å². The van der Waals surface area contributed by atoms with Crippen LogP contribution in [0.2, 0.25) is 0 Å². The average molecular weight is 309 g/mol. The summed E-state index contributed by atoms with van der Waals surface area (Å²) in [5.74, 6) is 1.13. The van der Waals surface area contributed by atoms with Crippen molar-refractivity contribution in [2.24, 2.45) is 0 Å². The Kier molecular flexibility index (Phi) is 6.39. The van der Waals surface area contributed by atoms with Crippen molar-refractivity contribution in [3.8, 4) is 0 Å². The third-order valence-corrected chi connectivity index (χ3v) is 5.85. The molecular weight excluding hydrogens is 285 g/mol. The van der Waals surface area contributed by atoms with E-state index in [9.17, 15) is 10.0 Å². The number of Topliss-reactive ketones (excluding diaryl/α,β-unsaturated/α-hetero) is 1. The van der Waals surface area contributed by atoms with Crippen LogP contribution in [0.15, 0.2) is 0 Å². The van der Waals surface area contributed by atoms with E-state index in [1.54, 1.807) is 11.8 Å². The quantitative estimate of drug-likeness (QED) is 0.614. The number of rotatable bonds is 2. The van der Waals surface area contributed by atoms with Crippen molar-refractivity contribution in [1.82, 2.24) is 14.9 Å². The molecule has 0 aromatic carbocycles. The third kappa shape index (κ3) is 3.27. The summed E-state index contributed by atoms with van der Waals surface area (Å²) in [6.45, 7) is 1.38. The maximum absolute atomic E-state index is 12.3. The van der Waals surface area contributed by atoms with Crippen molar-refractivity contribution in [3.63, 3.8) is 0 Å². The first-order valence-electron chi connectivity index (χ1n) is 7.26. The van der Waals surface area contributed by atoms with Crippen LogP contribution >= 0.6 is 11.8 Å². The van der Waals surface area contributed by atoms with Crippen LogP contribution in [0.1, 0.15) is 33.5 Å². The van der Waals surface area contributed by atoms with E-state index in [4.69, 9.17) is 0 Å². The molecule has 0 bridgehead atoms. The number of carbonyl (C=O) groups is 1. The first-order valence-corrected chi connectivity index (χ1v) is 8.31. The van der Waals surface area contributed by atoms with E-state index < -0.39 is 6.17 Å². The summed E-state index contributed by atoms with van der Waals surface area (Å²) in [6.07, 6.45) is 5.63. The van der Waals surface area contributed by atoms with E-state index in [1.807, 2.05) is 7.05 Å². The second kappa shape index (κ2) is 7.42. The number of ketones is 1. The Hall–Kier alpha value is 0.860. The predicted octanol–water partition coefficient (Wildman–Crippen LogP) is -1.70. The number of fused-ring (bicyclic) bond motifs is 1. The summed E-state index contributed by atoms with van der Waals surface area (Å²) in [6, 6.07) is 0.440. The van der Waals surface area contributed by atoms with Crippen molar-refractivity contribution < 1.29 is 41.0 Å². The van der Waals surface area contributed by atoms with E-state index in [2.05, 4.69) is 9.80 Å². The standard InChI is InChI=1S/C13H23N3O2S.Na.H/c1-14(10-5-3-2-4-6-10)12-11(17)9-15-7-8-19-13(15)16(12)18;;/h10,12-13,18H,2-9H2,1H3;;/q;+1;-1.